The van der Waals surface area contributed by atoms with Gasteiger partial charge in [0, 0.05) is 18.4 Å². The highest BCUT2D eigenvalue weighted by atomic mass is 19.4. The van der Waals surface area contributed by atoms with Crippen LogP contribution in [-0.4, -0.2) is 22.6 Å². The third-order valence-electron chi connectivity index (χ3n) is 5.43. The molecular formula is C26H21F3N2O2. The van der Waals surface area contributed by atoms with Gasteiger partial charge in [-0.25, -0.2) is 0 Å². The number of alkyl halides is 3. The van der Waals surface area contributed by atoms with Crippen LogP contribution in [0.25, 0.3) is 21.9 Å². The first-order chi connectivity index (χ1) is 15.9. The zero-order valence-electron chi connectivity index (χ0n) is 17.5. The predicted octanol–water partition coefficient (Wildman–Crippen LogP) is 5.77. The van der Waals surface area contributed by atoms with Gasteiger partial charge >= 0.3 is 6.18 Å². The Labute approximate surface area is 188 Å². The third-order valence-corrected chi connectivity index (χ3v) is 5.43. The van der Waals surface area contributed by atoms with Crippen molar-refractivity contribution in [2.24, 2.45) is 0 Å². The summed E-state index contributed by atoms with van der Waals surface area (Å²) in [6, 6.07) is 20.7. The number of amides is 1. The molecule has 0 spiro atoms. The minimum atomic E-state index is -4.39. The Balaban J connectivity index is 1.62. The highest BCUT2D eigenvalue weighted by Crippen LogP contribution is 2.33. The van der Waals surface area contributed by atoms with Crippen molar-refractivity contribution in [3.8, 4) is 11.1 Å². The second-order valence-electron chi connectivity index (χ2n) is 7.61. The molecule has 0 aliphatic rings. The summed E-state index contributed by atoms with van der Waals surface area (Å²) in [6.45, 7) is -0.101. The van der Waals surface area contributed by atoms with E-state index in [9.17, 15) is 23.1 Å². The van der Waals surface area contributed by atoms with Gasteiger partial charge < -0.3 is 10.4 Å². The number of pyridine rings is 1. The van der Waals surface area contributed by atoms with Crippen LogP contribution in [0.2, 0.25) is 0 Å². The van der Waals surface area contributed by atoms with Crippen LogP contribution in [0, 0.1) is 0 Å². The largest absolute Gasteiger partial charge is 0.416 e. The minimum absolute atomic E-state index is 0.101. The molecule has 1 aromatic heterocycles. The first kappa shape index (κ1) is 22.5. The number of benzene rings is 3. The SMILES string of the molecule is O=C(NC(CCO)c1ccccn1)c1ccc2c(-c3ccc(C(F)(F)F)cc3)cccc2c1. The molecule has 168 valence electrons. The highest BCUT2D eigenvalue weighted by Gasteiger charge is 2.30. The van der Waals surface area contributed by atoms with Crippen molar-refractivity contribution in [2.45, 2.75) is 18.6 Å². The fraction of sp³-hybridized carbons (Fsp3) is 0.154. The fourth-order valence-electron chi connectivity index (χ4n) is 3.76. The van der Waals surface area contributed by atoms with Crippen LogP contribution in [0.5, 0.6) is 0 Å². The Morgan fingerprint density at radius 3 is 2.42 bits per heavy atom. The Morgan fingerprint density at radius 1 is 0.970 bits per heavy atom. The lowest BCUT2D eigenvalue weighted by Crippen LogP contribution is -2.29. The minimum Gasteiger partial charge on any atom is -0.396 e. The van der Waals surface area contributed by atoms with Gasteiger partial charge in [-0.2, -0.15) is 13.2 Å². The summed E-state index contributed by atoms with van der Waals surface area (Å²) in [5.41, 5.74) is 1.83. The van der Waals surface area contributed by atoms with E-state index < -0.39 is 17.8 Å². The third kappa shape index (κ3) is 5.04. The number of halogens is 3. The van der Waals surface area contributed by atoms with Crippen molar-refractivity contribution in [3.05, 3.63) is 102 Å². The van der Waals surface area contributed by atoms with Crippen molar-refractivity contribution in [2.75, 3.05) is 6.61 Å². The van der Waals surface area contributed by atoms with Crippen LogP contribution in [-0.2, 0) is 6.18 Å². The summed E-state index contributed by atoms with van der Waals surface area (Å²) in [5.74, 6) is -0.305. The van der Waals surface area contributed by atoms with Gasteiger partial charge in [0.1, 0.15) is 0 Å². The summed E-state index contributed by atoms with van der Waals surface area (Å²) in [6.07, 6.45) is -2.43. The summed E-state index contributed by atoms with van der Waals surface area (Å²) in [4.78, 5) is 17.2. The van der Waals surface area contributed by atoms with Gasteiger partial charge in [0.05, 0.1) is 17.3 Å². The van der Waals surface area contributed by atoms with Crippen LogP contribution >= 0.6 is 0 Å². The molecule has 4 nitrogen and oxygen atoms in total. The maximum absolute atomic E-state index is 12.9. The summed E-state index contributed by atoms with van der Waals surface area (Å²) in [7, 11) is 0. The molecule has 7 heteroatoms. The second-order valence-corrected chi connectivity index (χ2v) is 7.61. The zero-order chi connectivity index (χ0) is 23.4. The molecule has 33 heavy (non-hydrogen) atoms. The summed E-state index contributed by atoms with van der Waals surface area (Å²) in [5, 5.41) is 13.9. The molecule has 4 rings (SSSR count). The number of nitrogens with one attached hydrogen (secondary N) is 1. The van der Waals surface area contributed by atoms with Gasteiger partial charge in [-0.15, -0.1) is 0 Å². The van der Waals surface area contributed by atoms with Gasteiger partial charge in [0.25, 0.3) is 5.91 Å². The van der Waals surface area contributed by atoms with Crippen molar-refractivity contribution in [1.82, 2.24) is 10.3 Å². The van der Waals surface area contributed by atoms with Crippen molar-refractivity contribution in [1.29, 1.82) is 0 Å². The summed E-state index contributed by atoms with van der Waals surface area (Å²) >= 11 is 0. The van der Waals surface area contributed by atoms with Crippen molar-refractivity contribution >= 4 is 16.7 Å². The van der Waals surface area contributed by atoms with Crippen LogP contribution < -0.4 is 5.32 Å². The Morgan fingerprint density at radius 2 is 1.76 bits per heavy atom. The number of nitrogens with zero attached hydrogens (tertiary/aromatic N) is 1. The van der Waals surface area contributed by atoms with E-state index in [4.69, 9.17) is 0 Å². The molecule has 0 bridgehead atoms. The lowest BCUT2D eigenvalue weighted by atomic mass is 9.96. The van der Waals surface area contributed by atoms with Crippen LogP contribution in [0.4, 0.5) is 13.2 Å². The highest BCUT2D eigenvalue weighted by molar-refractivity contribution is 6.02. The second kappa shape index (κ2) is 9.42. The van der Waals surface area contributed by atoms with Gasteiger partial charge in [-0.05, 0) is 64.7 Å². The number of aromatic nitrogens is 1. The Bertz CT molecular complexity index is 1260. The van der Waals surface area contributed by atoms with E-state index in [0.29, 0.717) is 23.2 Å². The van der Waals surface area contributed by atoms with E-state index in [1.807, 2.05) is 18.2 Å². The van der Waals surface area contributed by atoms with Gasteiger partial charge in [0.2, 0.25) is 0 Å². The zero-order valence-corrected chi connectivity index (χ0v) is 17.5. The molecule has 0 saturated heterocycles. The monoisotopic (exact) mass is 450 g/mol. The molecule has 0 aliphatic carbocycles. The molecule has 1 heterocycles. The molecule has 1 atom stereocenters. The maximum atomic E-state index is 12.9. The van der Waals surface area contributed by atoms with E-state index in [1.165, 1.54) is 12.1 Å². The number of hydrogen-bond donors (Lipinski definition) is 2. The Kier molecular flexibility index (Phi) is 6.42. The quantitative estimate of drug-likeness (QED) is 0.392. The molecule has 1 unspecified atom stereocenters. The Hall–Kier alpha value is -3.71. The maximum Gasteiger partial charge on any atom is 0.416 e. The van der Waals surface area contributed by atoms with Gasteiger partial charge in [-0.1, -0.05) is 42.5 Å². The van der Waals surface area contributed by atoms with Crippen molar-refractivity contribution in [3.63, 3.8) is 0 Å². The van der Waals surface area contributed by atoms with Crippen LogP contribution in [0.1, 0.15) is 34.1 Å². The first-order valence-electron chi connectivity index (χ1n) is 10.4. The number of aliphatic hydroxyl groups is 1. The van der Waals surface area contributed by atoms with E-state index in [-0.39, 0.29) is 12.5 Å². The van der Waals surface area contributed by atoms with E-state index >= 15 is 0 Å². The molecular weight excluding hydrogens is 429 g/mol. The molecule has 0 fully saturated rings. The molecule has 4 aromatic rings. The number of rotatable bonds is 6. The topological polar surface area (TPSA) is 62.2 Å². The predicted molar refractivity (Wildman–Crippen MR) is 121 cm³/mol. The molecule has 0 radical (unpaired) electrons. The molecule has 0 saturated carbocycles. The standard InChI is InChI=1S/C26H21F3N2O2/c27-26(28,29)20-10-7-17(8-11-20)21-5-3-4-18-16-19(9-12-22(18)21)25(33)31-24(13-15-32)23-6-1-2-14-30-23/h1-12,14,16,24,32H,13,15H2,(H,31,33). The van der Waals surface area contributed by atoms with E-state index in [0.717, 1.165) is 28.5 Å². The smallest absolute Gasteiger partial charge is 0.396 e. The number of carbonyl (C=O) groups excluding carboxylic acids is 1. The van der Waals surface area contributed by atoms with E-state index in [1.54, 1.807) is 42.6 Å². The number of fused-ring (bicyclic) bond motifs is 1. The van der Waals surface area contributed by atoms with E-state index in [2.05, 4.69) is 10.3 Å². The molecule has 0 aliphatic heterocycles. The van der Waals surface area contributed by atoms with Gasteiger partial charge in [0.15, 0.2) is 0 Å². The lowest BCUT2D eigenvalue weighted by Gasteiger charge is -2.17. The average molecular weight is 450 g/mol. The van der Waals surface area contributed by atoms with Gasteiger partial charge in [-0.3, -0.25) is 9.78 Å². The molecule has 1 amide bonds. The number of carbonyl (C=O) groups is 1. The molecule has 2 N–H and O–H groups in total. The summed E-state index contributed by atoms with van der Waals surface area (Å²) < 4.78 is 38.7. The number of hydrogen-bond acceptors (Lipinski definition) is 3. The normalized spacial score (nSPS) is 12.5. The number of aliphatic hydroxyl groups excluding tert-OH is 1. The van der Waals surface area contributed by atoms with Crippen molar-refractivity contribution < 1.29 is 23.1 Å². The fourth-order valence-corrected chi connectivity index (χ4v) is 3.76. The van der Waals surface area contributed by atoms with Crippen LogP contribution in [0.3, 0.4) is 0 Å². The van der Waals surface area contributed by atoms with Crippen LogP contribution in [0.15, 0.2) is 85.1 Å². The average Bonchev–Trinajstić information content (AvgIpc) is 2.83. The molecule has 3 aromatic carbocycles. The first-order valence-corrected chi connectivity index (χ1v) is 10.4. The lowest BCUT2D eigenvalue weighted by molar-refractivity contribution is -0.137.